The van der Waals surface area contributed by atoms with Crippen LogP contribution in [0.2, 0.25) is 0 Å². The van der Waals surface area contributed by atoms with E-state index in [-0.39, 0.29) is 5.25 Å². The summed E-state index contributed by atoms with van der Waals surface area (Å²) in [5.74, 6) is 1.82. The van der Waals surface area contributed by atoms with E-state index in [0.717, 1.165) is 11.7 Å². The number of rotatable bonds is 4. The predicted octanol–water partition coefficient (Wildman–Crippen LogP) is 4.54. The Balaban J connectivity index is 1.73. The predicted molar refractivity (Wildman–Crippen MR) is 81.1 cm³/mol. The Morgan fingerprint density at radius 2 is 1.95 bits per heavy atom. The first-order valence-corrected chi connectivity index (χ1v) is 8.13. The summed E-state index contributed by atoms with van der Waals surface area (Å²) in [5.41, 5.74) is 3.03. The molecule has 1 aliphatic carbocycles. The average Bonchev–Trinajstić information content (AvgIpc) is 3.07. The van der Waals surface area contributed by atoms with Crippen molar-refractivity contribution in [3.8, 4) is 0 Å². The van der Waals surface area contributed by atoms with Crippen molar-refractivity contribution in [2.75, 3.05) is 0 Å². The van der Waals surface area contributed by atoms with Crippen LogP contribution in [0.4, 0.5) is 0 Å². The van der Waals surface area contributed by atoms with E-state index < -0.39 is 0 Å². The van der Waals surface area contributed by atoms with Gasteiger partial charge in [0.25, 0.3) is 0 Å². The Labute approximate surface area is 124 Å². The second-order valence-corrected chi connectivity index (χ2v) is 7.10. The second-order valence-electron chi connectivity index (χ2n) is 5.69. The third-order valence-corrected chi connectivity index (χ3v) is 4.79. The van der Waals surface area contributed by atoms with Gasteiger partial charge in [0, 0.05) is 10.8 Å². The van der Waals surface area contributed by atoms with Crippen LogP contribution in [0.3, 0.4) is 0 Å². The minimum Gasteiger partial charge on any atom is -0.338 e. The molecular formula is C16H20N2OS. The minimum atomic E-state index is 0.189. The van der Waals surface area contributed by atoms with Crippen molar-refractivity contribution in [3.05, 3.63) is 41.0 Å². The Morgan fingerprint density at radius 1 is 1.15 bits per heavy atom. The highest BCUT2D eigenvalue weighted by atomic mass is 32.2. The minimum absolute atomic E-state index is 0.189. The van der Waals surface area contributed by atoms with Crippen LogP contribution >= 0.6 is 11.8 Å². The molecule has 1 aromatic heterocycles. The topological polar surface area (TPSA) is 38.9 Å². The van der Waals surface area contributed by atoms with Crippen molar-refractivity contribution < 1.29 is 4.52 Å². The molecule has 0 amide bonds. The maximum Gasteiger partial charge on any atom is 0.239 e. The number of fused-ring (bicyclic) bond motifs is 1. The first kappa shape index (κ1) is 13.7. The second kappa shape index (κ2) is 5.60. The lowest BCUT2D eigenvalue weighted by molar-refractivity contribution is 0.373. The lowest BCUT2D eigenvalue weighted by Gasteiger charge is -2.08. The summed E-state index contributed by atoms with van der Waals surface area (Å²) in [6.07, 6.45) is 3.74. The number of hydrogen-bond donors (Lipinski definition) is 0. The van der Waals surface area contributed by atoms with Crippen LogP contribution in [-0.2, 0) is 12.8 Å². The highest BCUT2D eigenvalue weighted by Gasteiger charge is 2.18. The number of nitrogens with zero attached hydrogens (tertiary/aromatic N) is 2. The number of aromatic nitrogens is 2. The van der Waals surface area contributed by atoms with Gasteiger partial charge in [-0.3, -0.25) is 0 Å². The lowest BCUT2D eigenvalue weighted by Crippen LogP contribution is -1.93. The molecular weight excluding hydrogens is 268 g/mol. The fraction of sp³-hybridized carbons (Fsp3) is 0.500. The van der Waals surface area contributed by atoms with Gasteiger partial charge in [-0.05, 0) is 49.4 Å². The van der Waals surface area contributed by atoms with Gasteiger partial charge in [0.15, 0.2) is 5.82 Å². The van der Waals surface area contributed by atoms with Crippen molar-refractivity contribution in [2.24, 2.45) is 0 Å². The van der Waals surface area contributed by atoms with E-state index in [2.05, 4.69) is 49.1 Å². The van der Waals surface area contributed by atoms with Gasteiger partial charge in [0.1, 0.15) is 0 Å². The van der Waals surface area contributed by atoms with E-state index in [1.165, 1.54) is 35.3 Å². The summed E-state index contributed by atoms with van der Waals surface area (Å²) < 4.78 is 5.37. The highest BCUT2D eigenvalue weighted by molar-refractivity contribution is 7.99. The Kier molecular flexibility index (Phi) is 3.83. The molecule has 1 unspecified atom stereocenters. The number of thioether (sulfide) groups is 1. The maximum atomic E-state index is 5.37. The third kappa shape index (κ3) is 2.75. The smallest absolute Gasteiger partial charge is 0.239 e. The summed E-state index contributed by atoms with van der Waals surface area (Å²) in [5, 5.41) is 4.23. The molecule has 4 heteroatoms. The zero-order chi connectivity index (χ0) is 14.1. The number of aryl methyl sites for hydroxylation is 2. The summed E-state index contributed by atoms with van der Waals surface area (Å²) in [7, 11) is 0. The van der Waals surface area contributed by atoms with Gasteiger partial charge >= 0.3 is 0 Å². The fourth-order valence-electron chi connectivity index (χ4n) is 2.52. The summed E-state index contributed by atoms with van der Waals surface area (Å²) in [4.78, 5) is 5.77. The maximum absolute atomic E-state index is 5.37. The monoisotopic (exact) mass is 288 g/mol. The average molecular weight is 288 g/mol. The van der Waals surface area contributed by atoms with E-state index in [1.54, 1.807) is 11.8 Å². The van der Waals surface area contributed by atoms with E-state index in [1.807, 2.05) is 0 Å². The molecule has 1 heterocycles. The molecule has 0 aliphatic heterocycles. The molecule has 0 bridgehead atoms. The Bertz CT molecular complexity index is 606. The molecule has 1 atom stereocenters. The van der Waals surface area contributed by atoms with Crippen molar-refractivity contribution in [2.45, 2.75) is 56.1 Å². The molecule has 106 valence electrons. The van der Waals surface area contributed by atoms with E-state index in [4.69, 9.17) is 4.52 Å². The van der Waals surface area contributed by atoms with Crippen LogP contribution in [0.25, 0.3) is 0 Å². The molecule has 1 aromatic carbocycles. The SMILES string of the molecule is CC(C)c1noc(C(C)Sc2ccc3c(c2)CCC3)n1. The molecule has 0 fully saturated rings. The number of benzene rings is 1. The molecule has 0 spiro atoms. The normalized spacial score (nSPS) is 15.6. The fourth-order valence-corrected chi connectivity index (χ4v) is 3.48. The standard InChI is InChI=1S/C16H20N2OS/c1-10(2)15-17-16(19-18-15)11(3)20-14-8-7-12-5-4-6-13(12)9-14/h7-11H,4-6H2,1-3H3. The van der Waals surface area contributed by atoms with Crippen molar-refractivity contribution in [1.82, 2.24) is 10.1 Å². The quantitative estimate of drug-likeness (QED) is 0.774. The van der Waals surface area contributed by atoms with Crippen LogP contribution in [0.1, 0.15) is 61.2 Å². The van der Waals surface area contributed by atoms with E-state index in [9.17, 15) is 0 Å². The van der Waals surface area contributed by atoms with Gasteiger partial charge in [-0.2, -0.15) is 4.98 Å². The van der Waals surface area contributed by atoms with Gasteiger partial charge in [-0.1, -0.05) is 25.1 Å². The van der Waals surface area contributed by atoms with Crippen molar-refractivity contribution >= 4 is 11.8 Å². The van der Waals surface area contributed by atoms with Crippen molar-refractivity contribution in [3.63, 3.8) is 0 Å². The summed E-state index contributed by atoms with van der Waals surface area (Å²) in [6.45, 7) is 6.27. The highest BCUT2D eigenvalue weighted by Crippen LogP contribution is 2.36. The zero-order valence-electron chi connectivity index (χ0n) is 12.2. The van der Waals surface area contributed by atoms with Crippen LogP contribution < -0.4 is 0 Å². The van der Waals surface area contributed by atoms with Gasteiger partial charge < -0.3 is 4.52 Å². The Hall–Kier alpha value is -1.29. The Morgan fingerprint density at radius 3 is 2.70 bits per heavy atom. The van der Waals surface area contributed by atoms with Crippen LogP contribution in [0, 0.1) is 0 Å². The molecule has 0 saturated heterocycles. The largest absolute Gasteiger partial charge is 0.338 e. The first-order valence-electron chi connectivity index (χ1n) is 7.25. The molecule has 3 rings (SSSR count). The lowest BCUT2D eigenvalue weighted by atomic mass is 10.1. The molecule has 0 N–H and O–H groups in total. The van der Waals surface area contributed by atoms with E-state index in [0.29, 0.717) is 5.92 Å². The van der Waals surface area contributed by atoms with Crippen LogP contribution in [0.5, 0.6) is 0 Å². The van der Waals surface area contributed by atoms with Crippen LogP contribution in [0.15, 0.2) is 27.6 Å². The summed E-state index contributed by atoms with van der Waals surface area (Å²) in [6, 6.07) is 6.80. The first-order chi connectivity index (χ1) is 9.63. The van der Waals surface area contributed by atoms with Gasteiger partial charge in [-0.25, -0.2) is 0 Å². The summed E-state index contributed by atoms with van der Waals surface area (Å²) >= 11 is 1.79. The van der Waals surface area contributed by atoms with E-state index >= 15 is 0 Å². The molecule has 0 saturated carbocycles. The molecule has 3 nitrogen and oxygen atoms in total. The van der Waals surface area contributed by atoms with Crippen LogP contribution in [-0.4, -0.2) is 10.1 Å². The molecule has 20 heavy (non-hydrogen) atoms. The number of hydrogen-bond acceptors (Lipinski definition) is 4. The molecule has 1 aliphatic rings. The zero-order valence-corrected chi connectivity index (χ0v) is 13.0. The van der Waals surface area contributed by atoms with Gasteiger partial charge in [0.05, 0.1) is 5.25 Å². The van der Waals surface area contributed by atoms with Gasteiger partial charge in [0.2, 0.25) is 5.89 Å². The van der Waals surface area contributed by atoms with Gasteiger partial charge in [-0.15, -0.1) is 11.8 Å². The van der Waals surface area contributed by atoms with Crippen molar-refractivity contribution in [1.29, 1.82) is 0 Å². The third-order valence-electron chi connectivity index (χ3n) is 3.70. The molecule has 0 radical (unpaired) electrons. The molecule has 2 aromatic rings.